The summed E-state index contributed by atoms with van der Waals surface area (Å²) in [5.74, 6) is 2.46. The van der Waals surface area contributed by atoms with Crippen LogP contribution in [0.2, 0.25) is 0 Å². The van der Waals surface area contributed by atoms with Gasteiger partial charge in [0.25, 0.3) is 0 Å². The Kier molecular flexibility index (Phi) is 8.38. The summed E-state index contributed by atoms with van der Waals surface area (Å²) < 4.78 is 4.86. The number of aromatic nitrogens is 1. The molecule has 3 amide bonds. The smallest absolute Gasteiger partial charge is 0.408 e. The molecule has 0 bridgehead atoms. The molecule has 3 aromatic rings. The molecule has 1 heterocycles. The van der Waals surface area contributed by atoms with Gasteiger partial charge in [0.05, 0.1) is 6.04 Å². The van der Waals surface area contributed by atoms with Crippen LogP contribution in [0.1, 0.15) is 31.0 Å². The summed E-state index contributed by atoms with van der Waals surface area (Å²) in [6.45, 7) is 3.80. The number of nitrogens with two attached hydrogens (primary N) is 1. The number of pyridine rings is 1. The Bertz CT molecular complexity index is 1300. The number of terminal acetylenes is 1. The molecule has 0 spiro atoms. The van der Waals surface area contributed by atoms with E-state index in [1.165, 1.54) is 6.92 Å². The number of urea groups is 1. The molecule has 0 aliphatic rings. The summed E-state index contributed by atoms with van der Waals surface area (Å²) in [7, 11) is 0. The maximum Gasteiger partial charge on any atom is 0.408 e. The summed E-state index contributed by atoms with van der Waals surface area (Å²) in [6.07, 6.45) is 6.12. The van der Waals surface area contributed by atoms with Gasteiger partial charge >= 0.3 is 12.1 Å². The quantitative estimate of drug-likeness (QED) is 0.370. The minimum atomic E-state index is -0.727. The predicted molar refractivity (Wildman–Crippen MR) is 135 cm³/mol. The minimum absolute atomic E-state index is 0.124. The number of fused-ring (bicyclic) bond motifs is 1. The molecule has 0 aliphatic carbocycles. The summed E-state index contributed by atoms with van der Waals surface area (Å²) in [6, 6.07) is 11.9. The van der Waals surface area contributed by atoms with Crippen molar-refractivity contribution in [1.82, 2.24) is 15.6 Å². The van der Waals surface area contributed by atoms with Gasteiger partial charge in [0.2, 0.25) is 0 Å². The van der Waals surface area contributed by atoms with E-state index >= 15 is 0 Å². The molecule has 0 saturated carbocycles. The van der Waals surface area contributed by atoms with E-state index in [0.717, 1.165) is 27.5 Å². The number of nitrogens with one attached hydrogen (secondary N) is 3. The van der Waals surface area contributed by atoms with Crippen molar-refractivity contribution in [1.29, 1.82) is 0 Å². The Balaban J connectivity index is 2.06. The van der Waals surface area contributed by atoms with Crippen molar-refractivity contribution in [3.05, 3.63) is 59.8 Å². The van der Waals surface area contributed by atoms with Crippen molar-refractivity contribution in [3.63, 3.8) is 0 Å². The van der Waals surface area contributed by atoms with Crippen LogP contribution >= 0.6 is 0 Å². The highest BCUT2D eigenvalue weighted by Crippen LogP contribution is 2.33. The Labute approximate surface area is 203 Å². The normalized spacial score (nSPS) is 11.3. The molecule has 1 atom stereocenters. The third kappa shape index (κ3) is 6.34. The lowest BCUT2D eigenvalue weighted by Gasteiger charge is -2.15. The molecular formula is C26H27N5O4. The molecule has 9 heteroatoms. The van der Waals surface area contributed by atoms with Gasteiger partial charge < -0.3 is 21.1 Å². The zero-order valence-electron chi connectivity index (χ0n) is 19.6. The SMILES string of the molecule is C#CCOC(=O)NCc1ccc(-c2cccc(C(N)C(C)=O)c2)c2cc(NC(=O)NCC)ncc12. The number of rotatable bonds is 8. The summed E-state index contributed by atoms with van der Waals surface area (Å²) in [4.78, 5) is 40.1. The molecule has 2 aromatic carbocycles. The Morgan fingerprint density at radius 1 is 1.14 bits per heavy atom. The number of hydrogen-bond acceptors (Lipinski definition) is 6. The molecule has 0 saturated heterocycles. The third-order valence-corrected chi connectivity index (χ3v) is 5.27. The average Bonchev–Trinajstić information content (AvgIpc) is 2.85. The van der Waals surface area contributed by atoms with Crippen molar-refractivity contribution in [2.75, 3.05) is 18.5 Å². The molecular weight excluding hydrogens is 446 g/mol. The van der Waals surface area contributed by atoms with Gasteiger partial charge in [-0.1, -0.05) is 36.3 Å². The summed E-state index contributed by atoms with van der Waals surface area (Å²) in [5, 5.41) is 9.61. The van der Waals surface area contributed by atoms with Crippen molar-refractivity contribution >= 4 is 34.5 Å². The lowest BCUT2D eigenvalue weighted by Crippen LogP contribution is -2.28. The second kappa shape index (κ2) is 11.6. The lowest BCUT2D eigenvalue weighted by atomic mass is 9.93. The van der Waals surface area contributed by atoms with Crippen molar-refractivity contribution in [2.24, 2.45) is 5.73 Å². The minimum Gasteiger partial charge on any atom is -0.436 e. The number of ether oxygens (including phenoxy) is 1. The van der Waals surface area contributed by atoms with E-state index < -0.39 is 12.1 Å². The Morgan fingerprint density at radius 3 is 2.66 bits per heavy atom. The molecule has 1 aromatic heterocycles. The van der Waals surface area contributed by atoms with Crippen molar-refractivity contribution in [3.8, 4) is 23.5 Å². The molecule has 180 valence electrons. The van der Waals surface area contributed by atoms with Gasteiger partial charge in [-0.05, 0) is 53.6 Å². The van der Waals surface area contributed by atoms with E-state index in [2.05, 4.69) is 26.9 Å². The molecule has 5 N–H and O–H groups in total. The van der Waals surface area contributed by atoms with Crippen LogP contribution in [0.25, 0.3) is 21.9 Å². The van der Waals surface area contributed by atoms with Crippen LogP contribution in [-0.2, 0) is 16.1 Å². The highest BCUT2D eigenvalue weighted by molar-refractivity contribution is 6.01. The number of nitrogens with zero attached hydrogens (tertiary/aromatic N) is 1. The Hall–Kier alpha value is -4.42. The fraction of sp³-hybridized carbons (Fsp3) is 0.231. The average molecular weight is 474 g/mol. The van der Waals surface area contributed by atoms with Crippen LogP contribution in [0.15, 0.2) is 48.7 Å². The second-order valence-electron chi connectivity index (χ2n) is 7.72. The number of alkyl carbamates (subject to hydrolysis) is 1. The number of carbonyl (C=O) groups is 3. The molecule has 1 unspecified atom stereocenters. The van der Waals surface area contributed by atoms with Gasteiger partial charge in [-0.3, -0.25) is 10.1 Å². The largest absolute Gasteiger partial charge is 0.436 e. The van der Waals surface area contributed by atoms with Crippen LogP contribution in [0.4, 0.5) is 15.4 Å². The van der Waals surface area contributed by atoms with Gasteiger partial charge in [0.1, 0.15) is 5.82 Å². The van der Waals surface area contributed by atoms with Gasteiger partial charge in [-0.15, -0.1) is 6.42 Å². The lowest BCUT2D eigenvalue weighted by molar-refractivity contribution is -0.118. The van der Waals surface area contributed by atoms with Crippen LogP contribution in [0.5, 0.6) is 0 Å². The van der Waals surface area contributed by atoms with Crippen LogP contribution in [0.3, 0.4) is 0 Å². The first-order chi connectivity index (χ1) is 16.8. The van der Waals surface area contributed by atoms with Crippen LogP contribution < -0.4 is 21.7 Å². The third-order valence-electron chi connectivity index (χ3n) is 5.27. The van der Waals surface area contributed by atoms with E-state index in [4.69, 9.17) is 16.9 Å². The Morgan fingerprint density at radius 2 is 1.94 bits per heavy atom. The topological polar surface area (TPSA) is 135 Å². The number of hydrogen-bond donors (Lipinski definition) is 4. The van der Waals surface area contributed by atoms with Crippen LogP contribution in [-0.4, -0.2) is 36.0 Å². The zero-order chi connectivity index (χ0) is 25.4. The fourth-order valence-corrected chi connectivity index (χ4v) is 3.55. The van der Waals surface area contributed by atoms with Gasteiger partial charge in [0.15, 0.2) is 12.4 Å². The summed E-state index contributed by atoms with van der Waals surface area (Å²) >= 11 is 0. The van der Waals surface area contributed by atoms with Gasteiger partial charge in [0, 0.05) is 24.7 Å². The number of amides is 3. The van der Waals surface area contributed by atoms with E-state index in [-0.39, 0.29) is 25.0 Å². The molecule has 0 fully saturated rings. The number of Topliss-reactive ketones (excluding diaryl/α,β-unsaturated/α-hetero) is 1. The first-order valence-electron chi connectivity index (χ1n) is 11.0. The standard InChI is InChI=1S/C26H27N5O4/c1-4-11-35-26(34)30-14-19-9-10-20(17-7-6-8-18(12-17)24(27)16(3)32)21-13-23(29-15-22(19)21)31-25(33)28-5-2/h1,6-10,12-13,15,24H,5,11,14,27H2,2-3H3,(H,30,34)(H2,28,29,31,33). The zero-order valence-corrected chi connectivity index (χ0v) is 19.6. The van der Waals surface area contributed by atoms with Crippen LogP contribution in [0, 0.1) is 12.3 Å². The monoisotopic (exact) mass is 473 g/mol. The molecule has 0 aliphatic heterocycles. The number of benzene rings is 2. The molecule has 9 nitrogen and oxygen atoms in total. The summed E-state index contributed by atoms with van der Waals surface area (Å²) in [5.41, 5.74) is 9.22. The number of carbonyl (C=O) groups excluding carboxylic acids is 3. The maximum absolute atomic E-state index is 12.0. The van der Waals surface area contributed by atoms with E-state index in [9.17, 15) is 14.4 Å². The molecule has 35 heavy (non-hydrogen) atoms. The van der Waals surface area contributed by atoms with E-state index in [1.54, 1.807) is 12.3 Å². The first-order valence-corrected chi connectivity index (χ1v) is 11.0. The maximum atomic E-state index is 12.0. The highest BCUT2D eigenvalue weighted by Gasteiger charge is 2.15. The predicted octanol–water partition coefficient (Wildman–Crippen LogP) is 3.49. The first kappa shape index (κ1) is 25.2. The molecule has 0 radical (unpaired) electrons. The van der Waals surface area contributed by atoms with Crippen molar-refractivity contribution < 1.29 is 19.1 Å². The second-order valence-corrected chi connectivity index (χ2v) is 7.72. The van der Waals surface area contributed by atoms with E-state index in [1.807, 2.05) is 43.3 Å². The van der Waals surface area contributed by atoms with Gasteiger partial charge in [-0.2, -0.15) is 0 Å². The number of anilines is 1. The highest BCUT2D eigenvalue weighted by atomic mass is 16.5. The number of ketones is 1. The fourth-order valence-electron chi connectivity index (χ4n) is 3.55. The van der Waals surface area contributed by atoms with E-state index in [0.29, 0.717) is 17.9 Å². The van der Waals surface area contributed by atoms with Crippen molar-refractivity contribution in [2.45, 2.75) is 26.4 Å². The molecule has 3 rings (SSSR count). The van der Waals surface area contributed by atoms with Gasteiger partial charge in [-0.25, -0.2) is 14.6 Å².